The van der Waals surface area contributed by atoms with Gasteiger partial charge in [-0.2, -0.15) is 11.8 Å². The summed E-state index contributed by atoms with van der Waals surface area (Å²) in [5.41, 5.74) is -0.450. The molecule has 0 aromatic carbocycles. The Bertz CT molecular complexity index is 733. The molecule has 0 N–H and O–H groups in total. The monoisotopic (exact) mass is 453 g/mol. The van der Waals surface area contributed by atoms with Crippen LogP contribution >= 0.6 is 11.8 Å². The van der Waals surface area contributed by atoms with Crippen molar-refractivity contribution in [3.05, 3.63) is 0 Å². The third-order valence-corrected chi connectivity index (χ3v) is 8.69. The van der Waals surface area contributed by atoms with Crippen LogP contribution in [0.3, 0.4) is 0 Å². The van der Waals surface area contributed by atoms with Gasteiger partial charge in [0.25, 0.3) is 0 Å². The van der Waals surface area contributed by atoms with E-state index in [1.807, 2.05) is 18.7 Å². The number of hydrogen-bond acceptors (Lipinski definition) is 9. The van der Waals surface area contributed by atoms with Crippen LogP contribution in [0.2, 0.25) is 0 Å². The maximum absolute atomic E-state index is 13.4. The van der Waals surface area contributed by atoms with Gasteiger partial charge in [0.15, 0.2) is 0 Å². The highest BCUT2D eigenvalue weighted by Gasteiger charge is 2.69. The molecule has 6 atom stereocenters. The molecule has 0 aromatic heterocycles. The Morgan fingerprint density at radius 3 is 2.65 bits per heavy atom. The molecule has 4 saturated heterocycles. The van der Waals surface area contributed by atoms with Gasteiger partial charge in [-0.15, -0.1) is 0 Å². The van der Waals surface area contributed by atoms with Crippen LogP contribution in [0.15, 0.2) is 0 Å². The van der Waals surface area contributed by atoms with Gasteiger partial charge in [0.1, 0.15) is 23.7 Å². The van der Waals surface area contributed by atoms with Crippen LogP contribution < -0.4 is 0 Å². The summed E-state index contributed by atoms with van der Waals surface area (Å²) < 4.78 is 23.3. The molecule has 4 heterocycles. The number of carbonyl (C=O) groups excluding carboxylic acids is 3. The summed E-state index contributed by atoms with van der Waals surface area (Å²) in [6, 6.07) is 0. The summed E-state index contributed by atoms with van der Waals surface area (Å²) in [5, 5.41) is 0. The van der Waals surface area contributed by atoms with Crippen molar-refractivity contribution in [2.75, 3.05) is 37.7 Å². The Hall–Kier alpha value is -1.32. The normalized spacial score (nSPS) is 38.7. The van der Waals surface area contributed by atoms with E-state index in [4.69, 9.17) is 18.9 Å². The fourth-order valence-corrected chi connectivity index (χ4v) is 6.96. The lowest BCUT2D eigenvalue weighted by atomic mass is 9.73. The van der Waals surface area contributed by atoms with E-state index in [-0.39, 0.29) is 31.0 Å². The van der Waals surface area contributed by atoms with Gasteiger partial charge in [-0.25, -0.2) is 0 Å². The molecular formula is C22H31NO7S. The number of rotatable bonds is 6. The van der Waals surface area contributed by atoms with Crippen molar-refractivity contribution in [3.63, 3.8) is 0 Å². The number of nitrogens with zero attached hydrogens (tertiary/aromatic N) is 1. The largest absolute Gasteiger partial charge is 0.465 e. The van der Waals surface area contributed by atoms with E-state index in [0.29, 0.717) is 0 Å². The first kappa shape index (κ1) is 21.5. The van der Waals surface area contributed by atoms with Gasteiger partial charge in [0.2, 0.25) is 0 Å². The molecule has 4 aliphatic heterocycles. The van der Waals surface area contributed by atoms with Crippen LogP contribution in [0.4, 0.5) is 0 Å². The van der Waals surface area contributed by atoms with Crippen molar-refractivity contribution >= 4 is 29.7 Å². The summed E-state index contributed by atoms with van der Waals surface area (Å²) in [7, 11) is 0. The number of ether oxygens (including phenoxy) is 4. The first-order valence-electron chi connectivity index (χ1n) is 11.6. The van der Waals surface area contributed by atoms with Crippen LogP contribution in [0.5, 0.6) is 0 Å². The van der Waals surface area contributed by atoms with Gasteiger partial charge in [-0.3, -0.25) is 19.3 Å². The standard InChI is InChI=1S/C22H31NO7S/c1-2-22(5-3-4-6-22)30-21(26)16-18-15-13(12-27-20(15)25)17(29-18)19(16)28-14(24)11-23-7-9-31-10-8-23/h13,15-19H,2-12H2,1H3. The fraction of sp³-hybridized carbons (Fsp3) is 0.864. The number of cyclic esters (lactones) is 1. The highest BCUT2D eigenvalue weighted by atomic mass is 32.2. The van der Waals surface area contributed by atoms with Crippen molar-refractivity contribution in [2.45, 2.75) is 62.9 Å². The summed E-state index contributed by atoms with van der Waals surface area (Å²) in [4.78, 5) is 40.5. The molecule has 8 nitrogen and oxygen atoms in total. The smallest absolute Gasteiger partial charge is 0.320 e. The first-order valence-corrected chi connectivity index (χ1v) is 12.7. The van der Waals surface area contributed by atoms with E-state index in [1.54, 1.807) is 0 Å². The molecule has 1 aliphatic carbocycles. The van der Waals surface area contributed by atoms with Crippen molar-refractivity contribution in [2.24, 2.45) is 17.8 Å². The maximum Gasteiger partial charge on any atom is 0.320 e. The van der Waals surface area contributed by atoms with Crippen LogP contribution in [-0.4, -0.2) is 84.5 Å². The lowest BCUT2D eigenvalue weighted by Crippen LogP contribution is -2.51. The average Bonchev–Trinajstić information content (AvgIpc) is 3.52. The second-order valence-electron chi connectivity index (χ2n) is 9.42. The molecular weight excluding hydrogens is 422 g/mol. The highest BCUT2D eigenvalue weighted by Crippen LogP contribution is 2.52. The summed E-state index contributed by atoms with van der Waals surface area (Å²) in [6.45, 7) is 4.20. The number of esters is 3. The van der Waals surface area contributed by atoms with E-state index >= 15 is 0 Å². The van der Waals surface area contributed by atoms with Crippen molar-refractivity contribution in [3.8, 4) is 0 Å². The Morgan fingerprint density at radius 2 is 1.94 bits per heavy atom. The molecule has 0 radical (unpaired) electrons. The number of carbonyl (C=O) groups is 3. The Morgan fingerprint density at radius 1 is 1.19 bits per heavy atom. The van der Waals surface area contributed by atoms with Crippen LogP contribution in [0.25, 0.3) is 0 Å². The summed E-state index contributed by atoms with van der Waals surface area (Å²) >= 11 is 1.88. The van der Waals surface area contributed by atoms with Gasteiger partial charge < -0.3 is 18.9 Å². The zero-order chi connectivity index (χ0) is 21.6. The Balaban J connectivity index is 1.32. The molecule has 6 unspecified atom stereocenters. The molecule has 5 fully saturated rings. The zero-order valence-electron chi connectivity index (χ0n) is 18.0. The van der Waals surface area contributed by atoms with Crippen molar-refractivity contribution in [1.29, 1.82) is 0 Å². The van der Waals surface area contributed by atoms with E-state index in [0.717, 1.165) is 56.7 Å². The molecule has 2 bridgehead atoms. The predicted octanol–water partition coefficient (Wildman–Crippen LogP) is 1.40. The van der Waals surface area contributed by atoms with Gasteiger partial charge >= 0.3 is 17.9 Å². The lowest BCUT2D eigenvalue weighted by molar-refractivity contribution is -0.175. The fourth-order valence-electron chi connectivity index (χ4n) is 5.99. The van der Waals surface area contributed by atoms with Gasteiger partial charge in [0.05, 0.1) is 25.2 Å². The van der Waals surface area contributed by atoms with E-state index < -0.39 is 41.7 Å². The van der Waals surface area contributed by atoms with E-state index in [9.17, 15) is 14.4 Å². The average molecular weight is 454 g/mol. The van der Waals surface area contributed by atoms with Crippen LogP contribution in [0, 0.1) is 17.8 Å². The predicted molar refractivity (Wildman–Crippen MR) is 111 cm³/mol. The topological polar surface area (TPSA) is 91.4 Å². The molecule has 9 heteroatoms. The van der Waals surface area contributed by atoms with E-state index in [2.05, 4.69) is 4.90 Å². The van der Waals surface area contributed by atoms with Gasteiger partial charge in [-0.05, 0) is 32.1 Å². The first-order chi connectivity index (χ1) is 15.0. The third kappa shape index (κ3) is 3.86. The minimum Gasteiger partial charge on any atom is -0.465 e. The SMILES string of the molecule is CCC1(OC(=O)C2C(OC(=O)CN3CCSCC3)C3OC2C2C(=O)OCC32)CCCC1. The second-order valence-corrected chi connectivity index (χ2v) is 10.6. The van der Waals surface area contributed by atoms with Crippen LogP contribution in [-0.2, 0) is 33.3 Å². The van der Waals surface area contributed by atoms with E-state index in [1.165, 1.54) is 0 Å². The van der Waals surface area contributed by atoms with Gasteiger partial charge in [-0.1, -0.05) is 6.92 Å². The third-order valence-electron chi connectivity index (χ3n) is 7.75. The Kier molecular flexibility index (Phi) is 5.94. The Labute approximate surface area is 186 Å². The molecule has 31 heavy (non-hydrogen) atoms. The maximum atomic E-state index is 13.4. The number of hydrogen-bond donors (Lipinski definition) is 0. The second kappa shape index (κ2) is 8.56. The van der Waals surface area contributed by atoms with Gasteiger partial charge in [0, 0.05) is 30.5 Å². The van der Waals surface area contributed by atoms with Crippen molar-refractivity contribution < 1.29 is 33.3 Å². The van der Waals surface area contributed by atoms with Crippen LogP contribution in [0.1, 0.15) is 39.0 Å². The molecule has 0 amide bonds. The minimum atomic E-state index is -0.776. The number of thioether (sulfide) groups is 1. The zero-order valence-corrected chi connectivity index (χ0v) is 18.8. The quantitative estimate of drug-likeness (QED) is 0.437. The highest BCUT2D eigenvalue weighted by molar-refractivity contribution is 7.99. The summed E-state index contributed by atoms with van der Waals surface area (Å²) in [6.07, 6.45) is 2.67. The minimum absolute atomic E-state index is 0.169. The molecule has 1 saturated carbocycles. The van der Waals surface area contributed by atoms with Crippen molar-refractivity contribution in [1.82, 2.24) is 4.90 Å². The lowest BCUT2D eigenvalue weighted by Gasteiger charge is -2.35. The summed E-state index contributed by atoms with van der Waals surface area (Å²) in [5.74, 6) is -0.488. The molecule has 5 aliphatic rings. The number of fused-ring (bicyclic) bond motifs is 5. The molecule has 0 spiro atoms. The molecule has 0 aromatic rings. The molecule has 5 rings (SSSR count). The molecule has 172 valence electrons.